The number of aromatic amines is 1. The Labute approximate surface area is 135 Å². The molecule has 0 radical (unpaired) electrons. The van der Waals surface area contributed by atoms with Gasteiger partial charge < -0.3 is 14.7 Å². The molecule has 0 unspecified atom stereocenters. The van der Waals surface area contributed by atoms with Gasteiger partial charge in [-0.3, -0.25) is 14.9 Å². The molecule has 24 heavy (non-hydrogen) atoms. The van der Waals surface area contributed by atoms with Crippen LogP contribution in [0.1, 0.15) is 18.3 Å². The maximum absolute atomic E-state index is 11.6. The molecular weight excluding hydrogens is 312 g/mol. The molecule has 0 aliphatic carbocycles. The van der Waals surface area contributed by atoms with E-state index in [0.29, 0.717) is 0 Å². The molecule has 0 fully saturated rings. The summed E-state index contributed by atoms with van der Waals surface area (Å²) in [6, 6.07) is 7.87. The first kappa shape index (κ1) is 15.5. The van der Waals surface area contributed by atoms with Crippen LogP contribution in [0.4, 0.5) is 5.69 Å². The molecule has 3 aromatic rings. The summed E-state index contributed by atoms with van der Waals surface area (Å²) in [7, 11) is 0. The highest BCUT2D eigenvalue weighted by Gasteiger charge is 2.21. The van der Waals surface area contributed by atoms with E-state index in [1.807, 2.05) is 37.4 Å². The number of aromatic nitrogens is 3. The lowest BCUT2D eigenvalue weighted by Gasteiger charge is -1.98. The number of nitro groups is 1. The Morgan fingerprint density at radius 1 is 1.38 bits per heavy atom. The number of nitrogens with one attached hydrogen (secondary N) is 1. The van der Waals surface area contributed by atoms with Gasteiger partial charge >= 0.3 is 11.2 Å². The molecule has 0 bridgehead atoms. The lowest BCUT2D eigenvalue weighted by atomic mass is 10.1. The summed E-state index contributed by atoms with van der Waals surface area (Å²) in [5.74, 6) is -0.865. The minimum absolute atomic E-state index is 0.0384. The number of benzene rings is 1. The number of hydrogen-bond donors (Lipinski definition) is 2. The minimum Gasteiger partial charge on any atom is -0.488 e. The Kier molecular flexibility index (Phi) is 3.87. The van der Waals surface area contributed by atoms with Crippen LogP contribution in [0, 0.1) is 10.1 Å². The van der Waals surface area contributed by atoms with Crippen molar-refractivity contribution in [2.24, 2.45) is 0 Å². The molecule has 8 heteroatoms. The molecular formula is C16H14N4O4. The molecule has 0 atom stereocenters. The van der Waals surface area contributed by atoms with E-state index in [0.717, 1.165) is 23.0 Å². The normalized spacial score (nSPS) is 11.4. The smallest absolute Gasteiger partial charge is 0.395 e. The third kappa shape index (κ3) is 2.65. The molecule has 0 saturated heterocycles. The molecule has 2 N–H and O–H groups in total. The minimum atomic E-state index is -0.997. The van der Waals surface area contributed by atoms with Gasteiger partial charge in [0.25, 0.3) is 5.88 Å². The number of H-pyrrole nitrogens is 1. The zero-order valence-electron chi connectivity index (χ0n) is 12.8. The van der Waals surface area contributed by atoms with Crippen molar-refractivity contribution in [3.05, 3.63) is 62.3 Å². The Morgan fingerprint density at radius 3 is 2.79 bits per heavy atom. The number of para-hydroxylation sites is 1. The average Bonchev–Trinajstić information content (AvgIpc) is 2.90. The Morgan fingerprint density at radius 2 is 2.12 bits per heavy atom. The summed E-state index contributed by atoms with van der Waals surface area (Å²) in [6.45, 7) is 2.84. The molecule has 3 rings (SSSR count). The molecule has 0 aliphatic rings. The highest BCUT2D eigenvalue weighted by atomic mass is 16.6. The Bertz CT molecular complexity index is 1020. The van der Waals surface area contributed by atoms with Crippen molar-refractivity contribution in [2.75, 3.05) is 0 Å². The fraction of sp³-hybridized carbons (Fsp3) is 0.125. The number of aryl methyl sites for hydroxylation is 1. The molecule has 2 heterocycles. The van der Waals surface area contributed by atoms with Crippen molar-refractivity contribution >= 4 is 28.7 Å². The second-order valence-corrected chi connectivity index (χ2v) is 5.10. The summed E-state index contributed by atoms with van der Waals surface area (Å²) < 4.78 is 2.08. The summed E-state index contributed by atoms with van der Waals surface area (Å²) in [5.41, 5.74) is 0.0264. The van der Waals surface area contributed by atoms with E-state index in [9.17, 15) is 20.0 Å². The van der Waals surface area contributed by atoms with E-state index >= 15 is 0 Å². The number of hydrogen-bond acceptors (Lipinski definition) is 5. The first-order chi connectivity index (χ1) is 11.5. The molecule has 0 saturated carbocycles. The van der Waals surface area contributed by atoms with E-state index in [4.69, 9.17) is 0 Å². The van der Waals surface area contributed by atoms with E-state index in [-0.39, 0.29) is 5.82 Å². The van der Waals surface area contributed by atoms with Crippen LogP contribution in [0.25, 0.3) is 23.1 Å². The van der Waals surface area contributed by atoms with Gasteiger partial charge in [-0.15, -0.1) is 0 Å². The van der Waals surface area contributed by atoms with E-state index < -0.39 is 22.0 Å². The number of aromatic hydroxyl groups is 1. The summed E-state index contributed by atoms with van der Waals surface area (Å²) in [4.78, 5) is 27.3. The van der Waals surface area contributed by atoms with Crippen LogP contribution in [0.3, 0.4) is 0 Å². The highest BCUT2D eigenvalue weighted by Crippen LogP contribution is 2.23. The van der Waals surface area contributed by atoms with Gasteiger partial charge in [0.15, 0.2) is 0 Å². The molecule has 2 aromatic heterocycles. The number of rotatable bonds is 4. The quantitative estimate of drug-likeness (QED) is 0.565. The van der Waals surface area contributed by atoms with Gasteiger partial charge in [0.1, 0.15) is 5.82 Å². The summed E-state index contributed by atoms with van der Waals surface area (Å²) in [6.07, 6.45) is 5.19. The predicted octanol–water partition coefficient (Wildman–Crippen LogP) is 2.53. The van der Waals surface area contributed by atoms with E-state index in [2.05, 4.69) is 14.5 Å². The van der Waals surface area contributed by atoms with Crippen molar-refractivity contribution in [3.8, 4) is 5.88 Å². The van der Waals surface area contributed by atoms with Gasteiger partial charge in [0.05, 0.1) is 4.92 Å². The van der Waals surface area contributed by atoms with Gasteiger partial charge in [0, 0.05) is 29.2 Å². The fourth-order valence-electron chi connectivity index (χ4n) is 2.55. The van der Waals surface area contributed by atoms with E-state index in [1.54, 1.807) is 6.08 Å². The SMILES string of the molecule is CCn1cc(/C=C/c2nc(O)c([N+](=O)[O-])c(=O)[nH]2)c2ccccc21. The number of nitrogens with zero attached hydrogens (tertiary/aromatic N) is 3. The largest absolute Gasteiger partial charge is 0.488 e. The zero-order chi connectivity index (χ0) is 17.3. The Balaban J connectivity index is 2.03. The maximum atomic E-state index is 11.6. The highest BCUT2D eigenvalue weighted by molar-refractivity contribution is 5.91. The second-order valence-electron chi connectivity index (χ2n) is 5.10. The first-order valence-electron chi connectivity index (χ1n) is 7.25. The lowest BCUT2D eigenvalue weighted by molar-refractivity contribution is -0.387. The third-order valence-electron chi connectivity index (χ3n) is 3.66. The molecule has 8 nitrogen and oxygen atoms in total. The molecule has 0 aliphatic heterocycles. The maximum Gasteiger partial charge on any atom is 0.395 e. The van der Waals surface area contributed by atoms with Crippen LogP contribution in [0.5, 0.6) is 5.88 Å². The average molecular weight is 326 g/mol. The van der Waals surface area contributed by atoms with Crippen molar-refractivity contribution < 1.29 is 10.0 Å². The van der Waals surface area contributed by atoms with Crippen molar-refractivity contribution in [1.82, 2.24) is 14.5 Å². The number of fused-ring (bicyclic) bond motifs is 1. The van der Waals surface area contributed by atoms with Crippen LogP contribution in [0.15, 0.2) is 35.3 Å². The Hall–Kier alpha value is -3.42. The first-order valence-corrected chi connectivity index (χ1v) is 7.25. The lowest BCUT2D eigenvalue weighted by Crippen LogP contribution is -2.14. The van der Waals surface area contributed by atoms with Crippen LogP contribution in [-0.4, -0.2) is 24.6 Å². The van der Waals surface area contributed by atoms with E-state index in [1.165, 1.54) is 6.08 Å². The standard InChI is InChI=1S/C16H14N4O4/c1-2-19-9-10(11-5-3-4-6-12(11)19)7-8-13-17-15(21)14(20(23)24)16(22)18-13/h3-9H,2H2,1H3,(H2,17,18,21,22)/b8-7+. The van der Waals surface area contributed by atoms with Crippen LogP contribution >= 0.6 is 0 Å². The zero-order valence-corrected chi connectivity index (χ0v) is 12.8. The van der Waals surface area contributed by atoms with Crippen molar-refractivity contribution in [2.45, 2.75) is 13.5 Å². The van der Waals surface area contributed by atoms with Crippen molar-refractivity contribution in [3.63, 3.8) is 0 Å². The molecule has 0 amide bonds. The molecule has 1 aromatic carbocycles. The summed E-state index contributed by atoms with van der Waals surface area (Å²) >= 11 is 0. The van der Waals surface area contributed by atoms with Gasteiger partial charge in [-0.25, -0.2) is 0 Å². The monoisotopic (exact) mass is 326 g/mol. The van der Waals surface area contributed by atoms with Crippen LogP contribution in [0.2, 0.25) is 0 Å². The van der Waals surface area contributed by atoms with Crippen LogP contribution < -0.4 is 5.56 Å². The molecule has 0 spiro atoms. The third-order valence-corrected chi connectivity index (χ3v) is 3.66. The molecule has 122 valence electrons. The topological polar surface area (TPSA) is 114 Å². The summed E-state index contributed by atoms with van der Waals surface area (Å²) in [5, 5.41) is 21.3. The van der Waals surface area contributed by atoms with Gasteiger partial charge in [-0.05, 0) is 25.1 Å². The van der Waals surface area contributed by atoms with Gasteiger partial charge in [-0.1, -0.05) is 18.2 Å². The van der Waals surface area contributed by atoms with Gasteiger partial charge in [-0.2, -0.15) is 4.98 Å². The van der Waals surface area contributed by atoms with Crippen molar-refractivity contribution in [1.29, 1.82) is 0 Å². The second kappa shape index (κ2) is 5.99. The van der Waals surface area contributed by atoms with Crippen LogP contribution in [-0.2, 0) is 6.54 Å². The van der Waals surface area contributed by atoms with Gasteiger partial charge in [0.2, 0.25) is 0 Å². The fourth-order valence-corrected chi connectivity index (χ4v) is 2.55. The predicted molar refractivity (Wildman–Crippen MR) is 89.7 cm³/mol.